The SMILES string of the molecule is CNc1cc(C(=O)N(C)C(C)COC)c([N+](=O)[O-])cn1. The number of hydrogen-bond donors (Lipinski definition) is 1. The van der Waals surface area contributed by atoms with Crippen LogP contribution >= 0.6 is 0 Å². The standard InChI is InChI=1S/C12H18N4O4/c1-8(7-20-4)15(3)12(17)9-5-11(13-2)14-6-10(9)16(18)19/h5-6,8H,7H2,1-4H3,(H,13,14). The number of carbonyl (C=O) groups is 1. The van der Waals surface area contributed by atoms with E-state index in [2.05, 4.69) is 10.3 Å². The Morgan fingerprint density at radius 1 is 1.65 bits per heavy atom. The first-order chi connectivity index (χ1) is 9.42. The van der Waals surface area contributed by atoms with Gasteiger partial charge in [0, 0.05) is 27.3 Å². The summed E-state index contributed by atoms with van der Waals surface area (Å²) >= 11 is 0. The third-order valence-corrected chi connectivity index (χ3v) is 2.96. The van der Waals surface area contributed by atoms with Crippen LogP contribution in [0.15, 0.2) is 12.3 Å². The van der Waals surface area contributed by atoms with Gasteiger partial charge in [0.1, 0.15) is 17.6 Å². The Bertz CT molecular complexity index is 506. The van der Waals surface area contributed by atoms with Crippen molar-refractivity contribution in [2.24, 2.45) is 0 Å². The summed E-state index contributed by atoms with van der Waals surface area (Å²) in [6, 6.07) is 1.18. The number of likely N-dealkylation sites (N-methyl/N-ethyl adjacent to an activating group) is 1. The molecule has 0 spiro atoms. The van der Waals surface area contributed by atoms with Crippen LogP contribution in [0.5, 0.6) is 0 Å². The van der Waals surface area contributed by atoms with E-state index in [-0.39, 0.29) is 17.3 Å². The van der Waals surface area contributed by atoms with Crippen LogP contribution in [0.4, 0.5) is 11.5 Å². The second-order valence-electron chi connectivity index (χ2n) is 4.31. The number of ether oxygens (including phenoxy) is 1. The lowest BCUT2D eigenvalue weighted by molar-refractivity contribution is -0.385. The van der Waals surface area contributed by atoms with E-state index in [1.54, 1.807) is 21.0 Å². The number of hydrogen-bond acceptors (Lipinski definition) is 6. The average Bonchev–Trinajstić information content (AvgIpc) is 2.45. The molecule has 1 atom stereocenters. The highest BCUT2D eigenvalue weighted by molar-refractivity contribution is 5.98. The molecular formula is C12H18N4O4. The van der Waals surface area contributed by atoms with E-state index < -0.39 is 10.8 Å². The maximum absolute atomic E-state index is 12.4. The van der Waals surface area contributed by atoms with E-state index in [4.69, 9.17) is 4.74 Å². The molecule has 110 valence electrons. The lowest BCUT2D eigenvalue weighted by atomic mass is 10.1. The lowest BCUT2D eigenvalue weighted by Crippen LogP contribution is -2.38. The van der Waals surface area contributed by atoms with Crippen molar-refractivity contribution in [2.45, 2.75) is 13.0 Å². The largest absolute Gasteiger partial charge is 0.383 e. The molecule has 0 radical (unpaired) electrons. The van der Waals surface area contributed by atoms with Gasteiger partial charge in [0.05, 0.1) is 17.6 Å². The Morgan fingerprint density at radius 3 is 2.80 bits per heavy atom. The summed E-state index contributed by atoms with van der Waals surface area (Å²) < 4.78 is 4.98. The number of nitro groups is 1. The third kappa shape index (κ3) is 3.41. The quantitative estimate of drug-likeness (QED) is 0.620. The fourth-order valence-electron chi connectivity index (χ4n) is 1.64. The monoisotopic (exact) mass is 282 g/mol. The minimum atomic E-state index is -0.617. The zero-order chi connectivity index (χ0) is 15.3. The summed E-state index contributed by atoms with van der Waals surface area (Å²) in [5.74, 6) is -0.0492. The van der Waals surface area contributed by atoms with Crippen LogP contribution in [0.1, 0.15) is 17.3 Å². The molecule has 0 aliphatic rings. The Balaban J connectivity index is 3.15. The summed E-state index contributed by atoms with van der Waals surface area (Å²) in [5.41, 5.74) is -0.315. The van der Waals surface area contributed by atoms with Crippen LogP contribution in [-0.4, -0.2) is 54.6 Å². The number of methoxy groups -OCH3 is 1. The van der Waals surface area contributed by atoms with Gasteiger partial charge in [-0.3, -0.25) is 14.9 Å². The summed E-state index contributed by atoms with van der Waals surface area (Å²) in [7, 11) is 4.73. The van der Waals surface area contributed by atoms with Gasteiger partial charge in [0.2, 0.25) is 0 Å². The highest BCUT2D eigenvalue weighted by Gasteiger charge is 2.26. The molecule has 1 amide bonds. The van der Waals surface area contributed by atoms with Gasteiger partial charge in [-0.25, -0.2) is 4.98 Å². The van der Waals surface area contributed by atoms with Crippen LogP contribution in [0, 0.1) is 10.1 Å². The van der Waals surface area contributed by atoms with E-state index in [9.17, 15) is 14.9 Å². The van der Waals surface area contributed by atoms with Crippen molar-refractivity contribution in [1.82, 2.24) is 9.88 Å². The molecule has 0 aliphatic heterocycles. The minimum Gasteiger partial charge on any atom is -0.383 e. The van der Waals surface area contributed by atoms with Crippen molar-refractivity contribution in [2.75, 3.05) is 33.1 Å². The summed E-state index contributed by atoms with van der Waals surface area (Å²) in [5, 5.41) is 13.7. The minimum absolute atomic E-state index is 0.000182. The molecule has 0 bridgehead atoms. The van der Waals surface area contributed by atoms with Crippen molar-refractivity contribution < 1.29 is 14.5 Å². The Labute approximate surface area is 116 Å². The predicted molar refractivity (Wildman–Crippen MR) is 73.9 cm³/mol. The topological polar surface area (TPSA) is 97.6 Å². The highest BCUT2D eigenvalue weighted by Crippen LogP contribution is 2.22. The number of aromatic nitrogens is 1. The Morgan fingerprint density at radius 2 is 2.30 bits per heavy atom. The fraction of sp³-hybridized carbons (Fsp3) is 0.500. The Hall–Kier alpha value is -2.22. The van der Waals surface area contributed by atoms with Crippen molar-refractivity contribution in [1.29, 1.82) is 0 Å². The maximum atomic E-state index is 12.4. The van der Waals surface area contributed by atoms with Crippen LogP contribution in [0.25, 0.3) is 0 Å². The molecular weight excluding hydrogens is 264 g/mol. The van der Waals surface area contributed by atoms with E-state index in [0.717, 1.165) is 6.20 Å². The number of pyridine rings is 1. The number of nitrogens with zero attached hydrogens (tertiary/aromatic N) is 3. The maximum Gasteiger partial charge on any atom is 0.300 e. The second-order valence-corrected chi connectivity index (χ2v) is 4.31. The first-order valence-corrected chi connectivity index (χ1v) is 6.00. The third-order valence-electron chi connectivity index (χ3n) is 2.96. The van der Waals surface area contributed by atoms with Crippen molar-refractivity contribution in [3.8, 4) is 0 Å². The number of rotatable bonds is 6. The molecule has 1 aromatic rings. The lowest BCUT2D eigenvalue weighted by Gasteiger charge is -2.24. The molecule has 20 heavy (non-hydrogen) atoms. The van der Waals surface area contributed by atoms with Gasteiger partial charge in [-0.2, -0.15) is 0 Å². The molecule has 8 nitrogen and oxygen atoms in total. The zero-order valence-corrected chi connectivity index (χ0v) is 11.9. The molecule has 8 heteroatoms. The molecule has 1 N–H and O–H groups in total. The van der Waals surface area contributed by atoms with E-state index in [1.807, 2.05) is 0 Å². The van der Waals surface area contributed by atoms with Gasteiger partial charge < -0.3 is 15.0 Å². The first kappa shape index (κ1) is 15.8. The number of carbonyl (C=O) groups excluding carboxylic acids is 1. The van der Waals surface area contributed by atoms with Gasteiger partial charge in [-0.05, 0) is 6.92 Å². The first-order valence-electron chi connectivity index (χ1n) is 6.00. The molecule has 1 heterocycles. The van der Waals surface area contributed by atoms with Crippen molar-refractivity contribution >= 4 is 17.4 Å². The second kappa shape index (κ2) is 6.80. The molecule has 0 aromatic carbocycles. The Kier molecular flexibility index (Phi) is 5.39. The van der Waals surface area contributed by atoms with Crippen LogP contribution < -0.4 is 5.32 Å². The highest BCUT2D eigenvalue weighted by atomic mass is 16.6. The smallest absolute Gasteiger partial charge is 0.300 e. The number of nitrogens with one attached hydrogen (secondary N) is 1. The van der Waals surface area contributed by atoms with Crippen molar-refractivity contribution in [3.63, 3.8) is 0 Å². The van der Waals surface area contributed by atoms with Crippen molar-refractivity contribution in [3.05, 3.63) is 27.9 Å². The zero-order valence-electron chi connectivity index (χ0n) is 11.9. The van der Waals surface area contributed by atoms with Gasteiger partial charge in [0.25, 0.3) is 11.6 Å². The summed E-state index contributed by atoms with van der Waals surface area (Å²) in [6.45, 7) is 2.15. The molecule has 1 rings (SSSR count). The summed E-state index contributed by atoms with van der Waals surface area (Å²) in [6.07, 6.45) is 1.08. The molecule has 0 fully saturated rings. The predicted octanol–water partition coefficient (Wildman–Crippen LogP) is 1.14. The molecule has 0 aliphatic carbocycles. The van der Waals surface area contributed by atoms with E-state index >= 15 is 0 Å². The molecule has 0 saturated heterocycles. The van der Waals surface area contributed by atoms with Gasteiger partial charge in [0.15, 0.2) is 0 Å². The number of anilines is 1. The average molecular weight is 282 g/mol. The molecule has 1 aromatic heterocycles. The fourth-order valence-corrected chi connectivity index (χ4v) is 1.64. The van der Waals surface area contributed by atoms with Crippen LogP contribution in [0.2, 0.25) is 0 Å². The number of amides is 1. The van der Waals surface area contributed by atoms with Gasteiger partial charge in [-0.1, -0.05) is 0 Å². The van der Waals surface area contributed by atoms with Gasteiger partial charge in [-0.15, -0.1) is 0 Å². The van der Waals surface area contributed by atoms with Crippen LogP contribution in [0.3, 0.4) is 0 Å². The molecule has 1 unspecified atom stereocenters. The molecule has 0 saturated carbocycles. The van der Waals surface area contributed by atoms with Gasteiger partial charge >= 0.3 is 0 Å². The van der Waals surface area contributed by atoms with Crippen LogP contribution in [-0.2, 0) is 4.74 Å². The summed E-state index contributed by atoms with van der Waals surface area (Å²) in [4.78, 5) is 28.0. The normalized spacial score (nSPS) is 11.8. The van der Waals surface area contributed by atoms with E-state index in [0.29, 0.717) is 12.4 Å². The van der Waals surface area contributed by atoms with E-state index in [1.165, 1.54) is 18.1 Å².